The molecular weight excluding hydrogens is 447 g/mol. The predicted octanol–water partition coefficient (Wildman–Crippen LogP) is 5.40. The third-order valence-electron chi connectivity index (χ3n) is 4.68. The summed E-state index contributed by atoms with van der Waals surface area (Å²) in [6.45, 7) is 0. The number of aryl methyl sites for hydroxylation is 1. The van der Waals surface area contributed by atoms with Crippen LogP contribution in [-0.2, 0) is 17.4 Å². The first kappa shape index (κ1) is 22.2. The fourth-order valence-corrected chi connectivity index (χ4v) is 3.13. The third-order valence-corrected chi connectivity index (χ3v) is 4.68. The Morgan fingerprint density at radius 1 is 1.09 bits per heavy atom. The molecule has 0 radical (unpaired) electrons. The highest BCUT2D eigenvalue weighted by Gasteiger charge is 2.31. The Bertz CT molecular complexity index is 1260. The smallest absolute Gasteiger partial charge is 0.416 e. The fraction of sp³-hybridized carbons (Fsp3) is 0.136. The molecule has 2 aromatic heterocycles. The number of carbonyl (C=O) groups excluding carboxylic acids is 1. The molecular formula is C22H15F5N4O2. The molecule has 0 atom stereocenters. The van der Waals surface area contributed by atoms with Crippen molar-refractivity contribution in [2.45, 2.75) is 19.0 Å². The topological polar surface area (TPSA) is 73.0 Å². The highest BCUT2D eigenvalue weighted by atomic mass is 19.4. The number of halogens is 5. The largest absolute Gasteiger partial charge is 0.441 e. The molecule has 4 rings (SSSR count). The minimum absolute atomic E-state index is 0.0409. The normalized spacial score (nSPS) is 11.5. The number of anilines is 1. The summed E-state index contributed by atoms with van der Waals surface area (Å²) in [4.78, 5) is 16.4. The highest BCUT2D eigenvalue weighted by molar-refractivity contribution is 5.93. The SMILES string of the molecule is O=C(CCc1ncc(-c2c(F)cccc2F)o1)Nc1cc(C(F)(F)F)ccc1-n1cccn1. The van der Waals surface area contributed by atoms with Gasteiger partial charge in [0.15, 0.2) is 11.7 Å². The van der Waals surface area contributed by atoms with Gasteiger partial charge < -0.3 is 9.73 Å². The van der Waals surface area contributed by atoms with Crippen molar-refractivity contribution in [3.63, 3.8) is 0 Å². The van der Waals surface area contributed by atoms with Gasteiger partial charge in [-0.25, -0.2) is 18.4 Å². The van der Waals surface area contributed by atoms with E-state index in [1.807, 2.05) is 0 Å². The van der Waals surface area contributed by atoms with Gasteiger partial charge in [-0.3, -0.25) is 4.79 Å². The number of nitrogens with one attached hydrogen (secondary N) is 1. The second-order valence-corrected chi connectivity index (χ2v) is 6.94. The first-order chi connectivity index (χ1) is 15.7. The molecule has 0 bridgehead atoms. The monoisotopic (exact) mass is 462 g/mol. The molecule has 2 aromatic carbocycles. The number of hydrogen-bond acceptors (Lipinski definition) is 4. The molecule has 11 heteroatoms. The van der Waals surface area contributed by atoms with Gasteiger partial charge in [0, 0.05) is 25.2 Å². The van der Waals surface area contributed by atoms with Crippen LogP contribution in [0.3, 0.4) is 0 Å². The fourth-order valence-electron chi connectivity index (χ4n) is 3.13. The van der Waals surface area contributed by atoms with Crippen LogP contribution >= 0.6 is 0 Å². The first-order valence-electron chi connectivity index (χ1n) is 9.62. The Morgan fingerprint density at radius 2 is 1.85 bits per heavy atom. The maximum Gasteiger partial charge on any atom is 0.416 e. The molecule has 1 N–H and O–H groups in total. The standard InChI is InChI=1S/C22H15F5N4O2/c23-14-3-1-4-15(24)21(14)18-12-28-20(33-18)8-7-19(32)30-16-11-13(22(25,26)27)5-6-17(16)31-10-2-9-29-31/h1-6,9-12H,7-8H2,(H,30,32). The zero-order valence-corrected chi connectivity index (χ0v) is 16.7. The molecule has 33 heavy (non-hydrogen) atoms. The highest BCUT2D eigenvalue weighted by Crippen LogP contribution is 2.33. The maximum atomic E-state index is 13.9. The van der Waals surface area contributed by atoms with Crippen LogP contribution < -0.4 is 5.32 Å². The summed E-state index contributed by atoms with van der Waals surface area (Å²) >= 11 is 0. The summed E-state index contributed by atoms with van der Waals surface area (Å²) in [6, 6.07) is 7.85. The van der Waals surface area contributed by atoms with Gasteiger partial charge in [-0.15, -0.1) is 0 Å². The lowest BCUT2D eigenvalue weighted by molar-refractivity contribution is -0.137. The lowest BCUT2D eigenvalue weighted by atomic mass is 10.1. The second kappa shape index (κ2) is 8.85. The van der Waals surface area contributed by atoms with Crippen molar-refractivity contribution >= 4 is 11.6 Å². The summed E-state index contributed by atoms with van der Waals surface area (Å²) in [5.41, 5.74) is -1.15. The van der Waals surface area contributed by atoms with E-state index in [0.29, 0.717) is 0 Å². The Kier molecular flexibility index (Phi) is 5.95. The molecule has 170 valence electrons. The van der Waals surface area contributed by atoms with Gasteiger partial charge in [0.1, 0.15) is 11.6 Å². The van der Waals surface area contributed by atoms with E-state index in [9.17, 15) is 26.7 Å². The Morgan fingerprint density at radius 3 is 2.52 bits per heavy atom. The van der Waals surface area contributed by atoms with Crippen molar-refractivity contribution in [2.75, 3.05) is 5.32 Å². The van der Waals surface area contributed by atoms with Crippen LogP contribution in [0.25, 0.3) is 17.0 Å². The van der Waals surface area contributed by atoms with Gasteiger partial charge in [0.25, 0.3) is 0 Å². The van der Waals surface area contributed by atoms with Crippen LogP contribution in [0, 0.1) is 11.6 Å². The molecule has 0 saturated carbocycles. The van der Waals surface area contributed by atoms with Crippen LogP contribution in [0.2, 0.25) is 0 Å². The molecule has 1 amide bonds. The molecule has 2 heterocycles. The van der Waals surface area contributed by atoms with E-state index >= 15 is 0 Å². The van der Waals surface area contributed by atoms with Gasteiger partial charge in [0.05, 0.1) is 28.7 Å². The first-order valence-corrected chi connectivity index (χ1v) is 9.62. The van der Waals surface area contributed by atoms with Crippen LogP contribution in [0.1, 0.15) is 17.9 Å². The number of hydrogen-bond donors (Lipinski definition) is 1. The summed E-state index contributed by atoms with van der Waals surface area (Å²) < 4.78 is 73.9. The minimum Gasteiger partial charge on any atom is -0.441 e. The van der Waals surface area contributed by atoms with Gasteiger partial charge in [-0.05, 0) is 36.4 Å². The number of alkyl halides is 3. The second-order valence-electron chi connectivity index (χ2n) is 6.94. The molecule has 0 aliphatic carbocycles. The van der Waals surface area contributed by atoms with E-state index in [-0.39, 0.29) is 41.4 Å². The molecule has 6 nitrogen and oxygen atoms in total. The molecule has 0 spiro atoms. The van der Waals surface area contributed by atoms with E-state index < -0.39 is 29.3 Å². The summed E-state index contributed by atoms with van der Waals surface area (Å²) in [5, 5.41) is 6.43. The maximum absolute atomic E-state index is 13.9. The number of oxazole rings is 1. The van der Waals surface area contributed by atoms with Gasteiger partial charge >= 0.3 is 6.18 Å². The van der Waals surface area contributed by atoms with E-state index in [4.69, 9.17) is 4.42 Å². The third kappa shape index (κ3) is 4.92. The van der Waals surface area contributed by atoms with Crippen LogP contribution in [0.15, 0.2) is 65.5 Å². The number of nitrogens with zero attached hydrogens (tertiary/aromatic N) is 3. The van der Waals surface area contributed by atoms with Crippen LogP contribution in [0.4, 0.5) is 27.6 Å². The number of benzene rings is 2. The van der Waals surface area contributed by atoms with Crippen LogP contribution in [-0.4, -0.2) is 20.7 Å². The molecule has 0 unspecified atom stereocenters. The van der Waals surface area contributed by atoms with Crippen molar-refractivity contribution in [2.24, 2.45) is 0 Å². The van der Waals surface area contributed by atoms with Crippen molar-refractivity contribution < 1.29 is 31.2 Å². The Balaban J connectivity index is 1.49. The van der Waals surface area contributed by atoms with E-state index in [2.05, 4.69) is 15.4 Å². The van der Waals surface area contributed by atoms with Gasteiger partial charge in [-0.2, -0.15) is 18.3 Å². The zero-order valence-electron chi connectivity index (χ0n) is 16.7. The van der Waals surface area contributed by atoms with Gasteiger partial charge in [-0.1, -0.05) is 6.07 Å². The quantitative estimate of drug-likeness (QED) is 0.390. The molecule has 0 saturated heterocycles. The molecule has 0 aliphatic rings. The van der Waals surface area contributed by atoms with E-state index in [1.165, 1.54) is 29.2 Å². The van der Waals surface area contributed by atoms with E-state index in [1.54, 1.807) is 6.07 Å². The number of amides is 1. The average molecular weight is 462 g/mol. The van der Waals surface area contributed by atoms with Crippen LogP contribution in [0.5, 0.6) is 0 Å². The van der Waals surface area contributed by atoms with Crippen molar-refractivity contribution in [1.29, 1.82) is 0 Å². The molecule has 4 aromatic rings. The predicted molar refractivity (Wildman–Crippen MR) is 107 cm³/mol. The summed E-state index contributed by atoms with van der Waals surface area (Å²) in [7, 11) is 0. The van der Waals surface area contributed by atoms with Crippen molar-refractivity contribution in [1.82, 2.24) is 14.8 Å². The zero-order chi connectivity index (χ0) is 23.6. The Hall–Kier alpha value is -4.02. The lowest BCUT2D eigenvalue weighted by Crippen LogP contribution is -2.16. The molecule has 0 fully saturated rings. The summed E-state index contributed by atoms with van der Waals surface area (Å²) in [5.74, 6) is -2.36. The van der Waals surface area contributed by atoms with Gasteiger partial charge in [0.2, 0.25) is 5.91 Å². The number of carbonyl (C=O) groups is 1. The minimum atomic E-state index is -4.60. The average Bonchev–Trinajstić information content (AvgIpc) is 3.44. The summed E-state index contributed by atoms with van der Waals surface area (Å²) in [6.07, 6.45) is -0.737. The van der Waals surface area contributed by atoms with Crippen molar-refractivity contribution in [3.05, 3.63) is 84.1 Å². The number of aromatic nitrogens is 3. The van der Waals surface area contributed by atoms with Crippen molar-refractivity contribution in [3.8, 4) is 17.0 Å². The molecule has 0 aliphatic heterocycles. The van der Waals surface area contributed by atoms with E-state index in [0.717, 1.165) is 30.5 Å². The number of rotatable bonds is 6. The Labute approximate surface area is 183 Å². The lowest BCUT2D eigenvalue weighted by Gasteiger charge is -2.14.